The van der Waals surface area contributed by atoms with Gasteiger partial charge in [0.15, 0.2) is 11.9 Å². The van der Waals surface area contributed by atoms with E-state index in [0.717, 1.165) is 5.39 Å². The van der Waals surface area contributed by atoms with Gasteiger partial charge in [0.25, 0.3) is 11.8 Å². The highest BCUT2D eigenvalue weighted by Gasteiger charge is 2.29. The Kier molecular flexibility index (Phi) is 5.62. The molecule has 0 fully saturated rings. The number of rotatable bonds is 4. The van der Waals surface area contributed by atoms with Crippen LogP contribution >= 0.6 is 23.2 Å². The van der Waals surface area contributed by atoms with Crippen molar-refractivity contribution in [1.82, 2.24) is 10.2 Å². The predicted octanol–water partition coefficient (Wildman–Crippen LogP) is 3.04. The number of nitrogens with zero attached hydrogens (tertiary/aromatic N) is 1. The minimum atomic E-state index is -1.59. The number of carboxylic acid groups (broad SMARTS) is 1. The first-order chi connectivity index (χ1) is 14.8. The number of para-hydroxylation sites is 1. The van der Waals surface area contributed by atoms with Crippen LogP contribution in [0.4, 0.5) is 0 Å². The van der Waals surface area contributed by atoms with E-state index in [0.29, 0.717) is 29.7 Å². The lowest BCUT2D eigenvalue weighted by molar-refractivity contribution is -0.139. The van der Waals surface area contributed by atoms with Crippen molar-refractivity contribution in [2.75, 3.05) is 6.54 Å². The first-order valence-electron chi connectivity index (χ1n) is 9.33. The van der Waals surface area contributed by atoms with Crippen molar-refractivity contribution in [2.24, 2.45) is 5.73 Å². The smallest absolute Gasteiger partial charge is 0.341 e. The van der Waals surface area contributed by atoms with E-state index >= 15 is 0 Å². The molecule has 4 N–H and O–H groups in total. The molecular weight excluding hydrogens is 445 g/mol. The van der Waals surface area contributed by atoms with Gasteiger partial charge in [0, 0.05) is 18.5 Å². The van der Waals surface area contributed by atoms with Crippen molar-refractivity contribution < 1.29 is 23.9 Å². The third-order valence-electron chi connectivity index (χ3n) is 5.11. The molecule has 2 amide bonds. The Labute approximate surface area is 186 Å². The number of hydrogen-bond donors (Lipinski definition) is 3. The van der Waals surface area contributed by atoms with Crippen molar-refractivity contribution >= 4 is 52.0 Å². The normalized spacial score (nSPS) is 14.2. The maximum atomic E-state index is 12.9. The number of hydrogen-bond acceptors (Lipinski definition) is 5. The van der Waals surface area contributed by atoms with E-state index in [1.54, 1.807) is 23.1 Å². The van der Waals surface area contributed by atoms with Crippen LogP contribution in [-0.2, 0) is 17.8 Å². The van der Waals surface area contributed by atoms with Gasteiger partial charge in [-0.3, -0.25) is 9.59 Å². The fourth-order valence-corrected chi connectivity index (χ4v) is 4.32. The fourth-order valence-electron chi connectivity index (χ4n) is 3.55. The fraction of sp³-hybridized carbons (Fsp3) is 0.190. The first-order valence-corrected chi connectivity index (χ1v) is 10.1. The molecule has 0 bridgehead atoms. The topological polar surface area (TPSA) is 126 Å². The van der Waals surface area contributed by atoms with Gasteiger partial charge < -0.3 is 25.5 Å². The molecule has 2 heterocycles. The minimum absolute atomic E-state index is 0.0388. The Hall–Kier alpha value is -3.07. The van der Waals surface area contributed by atoms with Crippen LogP contribution in [0.1, 0.15) is 32.0 Å². The maximum absolute atomic E-state index is 12.9. The number of furan rings is 1. The Bertz CT molecular complexity index is 1190. The van der Waals surface area contributed by atoms with Crippen LogP contribution in [0.2, 0.25) is 10.0 Å². The van der Waals surface area contributed by atoms with E-state index in [2.05, 4.69) is 5.32 Å². The quantitative estimate of drug-likeness (QED) is 0.512. The van der Waals surface area contributed by atoms with Crippen LogP contribution in [0.15, 0.2) is 40.8 Å². The second-order valence-electron chi connectivity index (χ2n) is 7.10. The molecule has 3 aromatic rings. The molecule has 0 unspecified atom stereocenters. The average molecular weight is 462 g/mol. The summed E-state index contributed by atoms with van der Waals surface area (Å²) < 4.78 is 5.67. The summed E-state index contributed by atoms with van der Waals surface area (Å²) in [5.74, 6) is -2.20. The molecule has 160 valence electrons. The van der Waals surface area contributed by atoms with Gasteiger partial charge in [0.1, 0.15) is 5.58 Å². The highest BCUT2D eigenvalue weighted by Crippen LogP contribution is 2.35. The third kappa shape index (κ3) is 3.97. The van der Waals surface area contributed by atoms with Crippen LogP contribution in [-0.4, -0.2) is 40.5 Å². The van der Waals surface area contributed by atoms with Crippen molar-refractivity contribution in [1.29, 1.82) is 0 Å². The molecule has 10 heteroatoms. The first kappa shape index (κ1) is 21.2. The summed E-state index contributed by atoms with van der Waals surface area (Å²) in [5.41, 5.74) is 7.31. The Balaban J connectivity index is 1.59. The number of benzene rings is 2. The molecule has 2 aromatic carbocycles. The summed E-state index contributed by atoms with van der Waals surface area (Å²) >= 11 is 12.7. The van der Waals surface area contributed by atoms with Crippen LogP contribution in [0.5, 0.6) is 0 Å². The monoisotopic (exact) mass is 461 g/mol. The molecule has 0 saturated heterocycles. The summed E-state index contributed by atoms with van der Waals surface area (Å²) in [6, 6.07) is 10.6. The molecular formula is C21H17Cl2N3O5. The van der Waals surface area contributed by atoms with Gasteiger partial charge in [-0.15, -0.1) is 0 Å². The lowest BCUT2D eigenvalue weighted by Gasteiger charge is -2.29. The van der Waals surface area contributed by atoms with E-state index in [9.17, 15) is 14.4 Å². The molecule has 0 saturated carbocycles. The van der Waals surface area contributed by atoms with Gasteiger partial charge in [-0.25, -0.2) is 4.79 Å². The molecule has 31 heavy (non-hydrogen) atoms. The SMILES string of the molecule is N[C@H](NC(=O)c1c(Cl)cc2c(c1Cl)CCN(C(=O)c1cc3ccccc3o1)C2)C(=O)O. The summed E-state index contributed by atoms with van der Waals surface area (Å²) in [6.45, 7) is 0.598. The predicted molar refractivity (Wildman–Crippen MR) is 114 cm³/mol. The standard InChI is InChI=1S/C21H17Cl2N3O5/c22-13-7-11-9-26(20(28)15-8-10-3-1-2-4-14(10)31-15)6-5-12(11)17(23)16(13)19(27)25-18(24)21(29)30/h1-4,7-8,18H,5-6,9,24H2,(H,25,27)(H,29,30)/t18-/m1/s1. The molecule has 0 aliphatic carbocycles. The second-order valence-corrected chi connectivity index (χ2v) is 7.88. The average Bonchev–Trinajstić information content (AvgIpc) is 3.16. The zero-order valence-electron chi connectivity index (χ0n) is 16.0. The van der Waals surface area contributed by atoms with E-state index in [4.69, 9.17) is 38.5 Å². The van der Waals surface area contributed by atoms with Crippen LogP contribution < -0.4 is 11.1 Å². The van der Waals surface area contributed by atoms with Crippen molar-refractivity contribution in [2.45, 2.75) is 19.1 Å². The van der Waals surface area contributed by atoms with Crippen molar-refractivity contribution in [3.63, 3.8) is 0 Å². The number of carboxylic acids is 1. The number of nitrogens with two attached hydrogens (primary N) is 1. The minimum Gasteiger partial charge on any atom is -0.479 e. The summed E-state index contributed by atoms with van der Waals surface area (Å²) in [6.07, 6.45) is -1.20. The largest absolute Gasteiger partial charge is 0.479 e. The zero-order chi connectivity index (χ0) is 22.3. The zero-order valence-corrected chi connectivity index (χ0v) is 17.5. The lowest BCUT2D eigenvalue weighted by atomic mass is 9.96. The van der Waals surface area contributed by atoms with Gasteiger partial charge in [-0.05, 0) is 35.7 Å². The van der Waals surface area contributed by atoms with Crippen LogP contribution in [0, 0.1) is 0 Å². The summed E-state index contributed by atoms with van der Waals surface area (Å²) in [4.78, 5) is 37.9. The molecule has 1 aromatic heterocycles. The van der Waals surface area contributed by atoms with E-state index in [1.165, 1.54) is 0 Å². The van der Waals surface area contributed by atoms with Crippen molar-refractivity contribution in [3.05, 3.63) is 68.9 Å². The number of nitrogens with one attached hydrogen (secondary N) is 1. The summed E-state index contributed by atoms with van der Waals surface area (Å²) in [5, 5.41) is 12.0. The van der Waals surface area contributed by atoms with E-state index in [1.807, 2.05) is 18.2 Å². The Morgan fingerprint density at radius 3 is 2.65 bits per heavy atom. The van der Waals surface area contributed by atoms with E-state index < -0.39 is 18.0 Å². The number of aliphatic carboxylic acids is 1. The second kappa shape index (κ2) is 8.22. The molecule has 1 atom stereocenters. The van der Waals surface area contributed by atoms with E-state index in [-0.39, 0.29) is 33.8 Å². The van der Waals surface area contributed by atoms with Crippen molar-refractivity contribution in [3.8, 4) is 0 Å². The highest BCUT2D eigenvalue weighted by atomic mass is 35.5. The van der Waals surface area contributed by atoms with Gasteiger partial charge >= 0.3 is 5.97 Å². The Morgan fingerprint density at radius 1 is 1.19 bits per heavy atom. The maximum Gasteiger partial charge on any atom is 0.341 e. The lowest BCUT2D eigenvalue weighted by Crippen LogP contribution is -2.47. The summed E-state index contributed by atoms with van der Waals surface area (Å²) in [7, 11) is 0. The number of carbonyl (C=O) groups excluding carboxylic acids is 2. The number of fused-ring (bicyclic) bond motifs is 2. The van der Waals surface area contributed by atoms with Gasteiger partial charge in [-0.2, -0.15) is 0 Å². The molecule has 0 spiro atoms. The van der Waals surface area contributed by atoms with Gasteiger partial charge in [0.05, 0.1) is 15.6 Å². The Morgan fingerprint density at radius 2 is 1.94 bits per heavy atom. The molecule has 0 radical (unpaired) electrons. The number of halogens is 2. The molecule has 8 nitrogen and oxygen atoms in total. The van der Waals surface area contributed by atoms with Crippen LogP contribution in [0.3, 0.4) is 0 Å². The molecule has 4 rings (SSSR count). The van der Waals surface area contributed by atoms with Gasteiger partial charge in [-0.1, -0.05) is 41.4 Å². The molecule has 1 aliphatic rings. The van der Waals surface area contributed by atoms with Gasteiger partial charge in [0.2, 0.25) is 0 Å². The number of carbonyl (C=O) groups is 3. The highest BCUT2D eigenvalue weighted by molar-refractivity contribution is 6.40. The number of amides is 2. The third-order valence-corrected chi connectivity index (χ3v) is 5.82. The van der Waals surface area contributed by atoms with Crippen LogP contribution in [0.25, 0.3) is 11.0 Å². The molecule has 1 aliphatic heterocycles.